The molecule has 0 bridgehead atoms. The van der Waals surface area contributed by atoms with E-state index in [2.05, 4.69) is 21.3 Å². The van der Waals surface area contributed by atoms with Crippen LogP contribution in [0.15, 0.2) is 24.3 Å². The first kappa shape index (κ1) is 42.2. The Morgan fingerprint density at radius 2 is 1.60 bits per heavy atom. The van der Waals surface area contributed by atoms with E-state index in [1.807, 2.05) is 34.6 Å². The Balaban J connectivity index is 1.90. The first-order chi connectivity index (χ1) is 23.3. The summed E-state index contributed by atoms with van der Waals surface area (Å²) in [5.74, 6) is -1.17. The number of carbonyl (C=O) groups is 6. The van der Waals surface area contributed by atoms with Crippen molar-refractivity contribution in [3.8, 4) is 0 Å². The molecule has 1 aromatic carbocycles. The molecule has 280 valence electrons. The van der Waals surface area contributed by atoms with Gasteiger partial charge in [0.2, 0.25) is 23.6 Å². The zero-order chi connectivity index (χ0) is 37.6. The number of hydrogen-bond donors (Lipinski definition) is 5. The lowest BCUT2D eigenvalue weighted by atomic mass is 9.80. The van der Waals surface area contributed by atoms with Gasteiger partial charge in [0.15, 0.2) is 0 Å². The quantitative estimate of drug-likeness (QED) is 0.0805. The molecule has 1 fully saturated rings. The van der Waals surface area contributed by atoms with Crippen LogP contribution < -0.4 is 27.0 Å². The van der Waals surface area contributed by atoms with Crippen molar-refractivity contribution in [2.75, 3.05) is 25.0 Å². The Bertz CT molecular complexity index is 1320. The summed E-state index contributed by atoms with van der Waals surface area (Å²) in [5.41, 5.74) is 5.75. The number of nitrogens with two attached hydrogens (primary N) is 1. The van der Waals surface area contributed by atoms with E-state index >= 15 is 0 Å². The van der Waals surface area contributed by atoms with E-state index in [4.69, 9.17) is 10.5 Å². The molecule has 13 nitrogen and oxygen atoms in total. The van der Waals surface area contributed by atoms with Crippen LogP contribution in [0.25, 0.3) is 0 Å². The van der Waals surface area contributed by atoms with Gasteiger partial charge in [-0.1, -0.05) is 53.2 Å². The topological polar surface area (TPSA) is 189 Å². The molecule has 50 heavy (non-hydrogen) atoms. The van der Waals surface area contributed by atoms with Gasteiger partial charge in [-0.2, -0.15) is 0 Å². The zero-order valence-corrected chi connectivity index (χ0v) is 31.3. The van der Waals surface area contributed by atoms with Gasteiger partial charge < -0.3 is 31.7 Å². The lowest BCUT2D eigenvalue weighted by Crippen LogP contribution is -2.54. The SMILES string of the molecule is CC(C)[C@H](NC(=O)CCCCCN1C(=O)CC(C(C)(C)C)C1=O)[C@@H](CCCNC(N)=O)NCC(=O)Nc1ccc(COC(=O)C(C)(C)C)cc1. The smallest absolute Gasteiger partial charge is 0.312 e. The molecule has 1 unspecified atom stereocenters. The van der Waals surface area contributed by atoms with Crippen molar-refractivity contribution in [3.63, 3.8) is 0 Å². The summed E-state index contributed by atoms with van der Waals surface area (Å²) in [6, 6.07) is 5.86. The number of nitrogens with one attached hydrogen (secondary N) is 4. The number of unbranched alkanes of at least 4 members (excludes halogenated alkanes) is 2. The highest BCUT2D eigenvalue weighted by molar-refractivity contribution is 6.03. The third-order valence-corrected chi connectivity index (χ3v) is 8.79. The van der Waals surface area contributed by atoms with Crippen LogP contribution in [0.4, 0.5) is 10.5 Å². The van der Waals surface area contributed by atoms with Crippen LogP contribution in [0, 0.1) is 22.7 Å². The second kappa shape index (κ2) is 19.4. The van der Waals surface area contributed by atoms with Gasteiger partial charge in [-0.25, -0.2) is 4.79 Å². The number of hydrogen-bond acceptors (Lipinski definition) is 8. The fourth-order valence-electron chi connectivity index (χ4n) is 5.74. The lowest BCUT2D eigenvalue weighted by molar-refractivity contribution is -0.154. The summed E-state index contributed by atoms with van der Waals surface area (Å²) in [5, 5.41) is 11.9. The van der Waals surface area contributed by atoms with Gasteiger partial charge in [0.25, 0.3) is 0 Å². The maximum Gasteiger partial charge on any atom is 0.312 e. The fourth-order valence-corrected chi connectivity index (χ4v) is 5.74. The summed E-state index contributed by atoms with van der Waals surface area (Å²) in [4.78, 5) is 75.7. The first-order valence-corrected chi connectivity index (χ1v) is 17.8. The molecule has 1 saturated heterocycles. The minimum absolute atomic E-state index is 0.0119. The number of esters is 1. The summed E-state index contributed by atoms with van der Waals surface area (Å²) in [6.45, 7) is 16.1. The number of imide groups is 1. The number of benzene rings is 1. The lowest BCUT2D eigenvalue weighted by Gasteiger charge is -2.32. The van der Waals surface area contributed by atoms with Gasteiger partial charge in [0.05, 0.1) is 17.9 Å². The van der Waals surface area contributed by atoms with Crippen LogP contribution in [0.3, 0.4) is 0 Å². The van der Waals surface area contributed by atoms with Crippen LogP contribution in [-0.2, 0) is 35.3 Å². The number of urea groups is 1. The molecule has 1 aliphatic heterocycles. The highest BCUT2D eigenvalue weighted by Gasteiger charge is 2.44. The van der Waals surface area contributed by atoms with Gasteiger partial charge in [-0.15, -0.1) is 0 Å². The molecule has 3 atom stereocenters. The van der Waals surface area contributed by atoms with Crippen molar-refractivity contribution in [2.45, 2.75) is 119 Å². The van der Waals surface area contributed by atoms with Crippen molar-refractivity contribution >= 4 is 41.3 Å². The van der Waals surface area contributed by atoms with Crippen molar-refractivity contribution in [2.24, 2.45) is 28.4 Å². The van der Waals surface area contributed by atoms with Crippen LogP contribution in [-0.4, -0.2) is 72.2 Å². The minimum atomic E-state index is -0.617. The molecule has 6 amide bonds. The van der Waals surface area contributed by atoms with Gasteiger partial charge in [0, 0.05) is 43.7 Å². The third kappa shape index (κ3) is 14.5. The number of carbonyl (C=O) groups excluding carboxylic acids is 6. The fraction of sp³-hybridized carbons (Fsp3) is 0.676. The standard InChI is InChI=1S/C37H60N6O7/c1-24(2)32(42-29(44)14-10-9-11-20-43-31(46)21-27(33(43)47)36(3,4)5)28(13-12-19-39-35(38)49)40-22-30(45)41-26-17-15-25(16-18-26)23-50-34(48)37(6,7)8/h15-18,24,27-28,32,40H,9-14,19-23H2,1-8H3,(H,41,45)(H,42,44)(H3,38,39,49)/t27?,28-,32+/m1/s1. The molecule has 6 N–H and O–H groups in total. The molecule has 0 radical (unpaired) electrons. The molecule has 0 spiro atoms. The zero-order valence-electron chi connectivity index (χ0n) is 31.3. The number of likely N-dealkylation sites (tertiary alicyclic amines) is 1. The summed E-state index contributed by atoms with van der Waals surface area (Å²) in [6.07, 6.45) is 3.62. The van der Waals surface area contributed by atoms with E-state index in [1.54, 1.807) is 45.0 Å². The van der Waals surface area contributed by atoms with Crippen molar-refractivity contribution < 1.29 is 33.5 Å². The number of ether oxygens (including phenoxy) is 1. The predicted octanol–water partition coefficient (Wildman–Crippen LogP) is 4.24. The number of amides is 6. The number of anilines is 1. The Kier molecular flexibility index (Phi) is 16.4. The summed E-state index contributed by atoms with van der Waals surface area (Å²) < 4.78 is 5.35. The molecule has 2 rings (SSSR count). The third-order valence-electron chi connectivity index (χ3n) is 8.79. The van der Waals surface area contributed by atoms with E-state index < -0.39 is 11.4 Å². The highest BCUT2D eigenvalue weighted by Crippen LogP contribution is 2.35. The molecule has 0 aliphatic carbocycles. The maximum atomic E-state index is 13.1. The van der Waals surface area contributed by atoms with E-state index in [0.717, 1.165) is 5.56 Å². The molecular formula is C37H60N6O7. The van der Waals surface area contributed by atoms with Crippen LogP contribution in [0.2, 0.25) is 0 Å². The van der Waals surface area contributed by atoms with Crippen molar-refractivity contribution in [1.29, 1.82) is 0 Å². The van der Waals surface area contributed by atoms with Gasteiger partial charge >= 0.3 is 12.0 Å². The van der Waals surface area contributed by atoms with E-state index in [1.165, 1.54) is 4.90 Å². The van der Waals surface area contributed by atoms with Gasteiger partial charge in [-0.3, -0.25) is 28.9 Å². The second-order valence-corrected chi connectivity index (χ2v) is 15.6. The maximum absolute atomic E-state index is 13.1. The Morgan fingerprint density at radius 3 is 2.16 bits per heavy atom. The van der Waals surface area contributed by atoms with Crippen LogP contribution >= 0.6 is 0 Å². The summed E-state index contributed by atoms with van der Waals surface area (Å²) >= 11 is 0. The Morgan fingerprint density at radius 1 is 0.940 bits per heavy atom. The van der Waals surface area contributed by atoms with Crippen molar-refractivity contribution in [3.05, 3.63) is 29.8 Å². The Labute approximate surface area is 297 Å². The molecule has 1 aromatic rings. The van der Waals surface area contributed by atoms with Crippen LogP contribution in [0.1, 0.15) is 106 Å². The monoisotopic (exact) mass is 700 g/mol. The average Bonchev–Trinajstić information content (AvgIpc) is 3.31. The van der Waals surface area contributed by atoms with E-state index in [-0.39, 0.29) is 84.9 Å². The number of rotatable bonds is 19. The number of nitrogens with zero attached hydrogens (tertiary/aromatic N) is 1. The minimum Gasteiger partial charge on any atom is -0.460 e. The van der Waals surface area contributed by atoms with Crippen molar-refractivity contribution in [1.82, 2.24) is 20.9 Å². The normalized spacial score (nSPS) is 16.3. The van der Waals surface area contributed by atoms with Gasteiger partial charge in [-0.05, 0) is 75.5 Å². The average molecular weight is 701 g/mol. The molecule has 1 heterocycles. The van der Waals surface area contributed by atoms with E-state index in [0.29, 0.717) is 50.9 Å². The highest BCUT2D eigenvalue weighted by atomic mass is 16.5. The second-order valence-electron chi connectivity index (χ2n) is 15.6. The molecule has 0 saturated carbocycles. The number of primary amides is 1. The van der Waals surface area contributed by atoms with E-state index in [9.17, 15) is 28.8 Å². The van der Waals surface area contributed by atoms with Gasteiger partial charge in [0.1, 0.15) is 6.61 Å². The molecule has 0 aromatic heterocycles. The molecular weight excluding hydrogens is 640 g/mol. The van der Waals surface area contributed by atoms with Crippen LogP contribution in [0.5, 0.6) is 0 Å². The predicted molar refractivity (Wildman–Crippen MR) is 192 cm³/mol. The summed E-state index contributed by atoms with van der Waals surface area (Å²) in [7, 11) is 0. The largest absolute Gasteiger partial charge is 0.460 e. The Hall–Kier alpha value is -4.00. The first-order valence-electron chi connectivity index (χ1n) is 17.8. The molecule has 13 heteroatoms. The molecule has 1 aliphatic rings.